The van der Waals surface area contributed by atoms with Crippen LogP contribution in [0.5, 0.6) is 0 Å². The summed E-state index contributed by atoms with van der Waals surface area (Å²) in [5.74, 6) is -0.514. The topological polar surface area (TPSA) is 57.7 Å². The van der Waals surface area contributed by atoms with Crippen molar-refractivity contribution < 1.29 is 26.4 Å². The van der Waals surface area contributed by atoms with Crippen LogP contribution in [0.25, 0.3) is 6.08 Å². The van der Waals surface area contributed by atoms with Crippen molar-refractivity contribution >= 4 is 21.8 Å². The van der Waals surface area contributed by atoms with E-state index in [0.717, 1.165) is 17.7 Å². The smallest absolute Gasteiger partial charge is 0.335 e. The molecule has 0 spiro atoms. The molecule has 0 radical (unpaired) electrons. The zero-order valence-electron chi connectivity index (χ0n) is 15.9. The van der Waals surface area contributed by atoms with E-state index in [2.05, 4.69) is 0 Å². The maximum absolute atomic E-state index is 12.8. The number of sulfone groups is 1. The van der Waals surface area contributed by atoms with Gasteiger partial charge in [-0.2, -0.15) is 13.2 Å². The van der Waals surface area contributed by atoms with Gasteiger partial charge in [0.2, 0.25) is 9.84 Å². The van der Waals surface area contributed by atoms with Gasteiger partial charge in [-0.3, -0.25) is 9.69 Å². The van der Waals surface area contributed by atoms with Gasteiger partial charge in [-0.1, -0.05) is 30.3 Å². The van der Waals surface area contributed by atoms with Crippen LogP contribution in [0.2, 0.25) is 0 Å². The van der Waals surface area contributed by atoms with Crippen molar-refractivity contribution in [1.82, 2.24) is 9.80 Å². The molecule has 2 aromatic rings. The summed E-state index contributed by atoms with van der Waals surface area (Å²) >= 11 is 0. The minimum atomic E-state index is -4.36. The zero-order valence-corrected chi connectivity index (χ0v) is 16.7. The van der Waals surface area contributed by atoms with Gasteiger partial charge in [0, 0.05) is 32.7 Å². The van der Waals surface area contributed by atoms with Crippen LogP contribution in [0.3, 0.4) is 0 Å². The summed E-state index contributed by atoms with van der Waals surface area (Å²) in [6.07, 6.45) is -2.94. The quantitative estimate of drug-likeness (QED) is 0.742. The molecule has 2 heterocycles. The minimum absolute atomic E-state index is 0.147. The Balaban J connectivity index is 1.38. The van der Waals surface area contributed by atoms with Gasteiger partial charge in [0.15, 0.2) is 0 Å². The zero-order chi connectivity index (χ0) is 21.5. The number of hydrogen-bond acceptors (Lipinski definition) is 4. The summed E-state index contributed by atoms with van der Waals surface area (Å²) in [6.45, 7) is 2.18. The van der Waals surface area contributed by atoms with Crippen molar-refractivity contribution in [2.24, 2.45) is 0 Å². The van der Waals surface area contributed by atoms with Crippen LogP contribution in [-0.2, 0) is 27.4 Å². The highest BCUT2D eigenvalue weighted by molar-refractivity contribution is 7.96. The molecule has 1 saturated heterocycles. The molecule has 158 valence electrons. The third-order valence-corrected chi connectivity index (χ3v) is 7.16. The summed E-state index contributed by atoms with van der Waals surface area (Å²) in [4.78, 5) is 16.3. The molecule has 0 saturated carbocycles. The molecule has 30 heavy (non-hydrogen) atoms. The number of fused-ring (bicyclic) bond motifs is 1. The van der Waals surface area contributed by atoms with Crippen LogP contribution in [-0.4, -0.2) is 50.3 Å². The van der Waals surface area contributed by atoms with E-state index in [1.54, 1.807) is 18.2 Å². The molecule has 2 aliphatic rings. The Hall–Kier alpha value is -2.65. The van der Waals surface area contributed by atoms with Crippen molar-refractivity contribution in [3.8, 4) is 0 Å². The van der Waals surface area contributed by atoms with Crippen LogP contribution < -0.4 is 0 Å². The number of benzene rings is 2. The third-order valence-electron chi connectivity index (χ3n) is 5.34. The normalized spacial score (nSPS) is 18.8. The van der Waals surface area contributed by atoms with Crippen LogP contribution in [0.4, 0.5) is 13.2 Å². The van der Waals surface area contributed by atoms with Crippen molar-refractivity contribution in [3.05, 3.63) is 70.1 Å². The molecule has 0 atom stereocenters. The number of alkyl halides is 3. The molecule has 0 unspecified atom stereocenters. The van der Waals surface area contributed by atoms with Gasteiger partial charge in [-0.05, 0) is 35.4 Å². The van der Waals surface area contributed by atoms with Gasteiger partial charge in [0.1, 0.15) is 4.91 Å². The molecule has 9 heteroatoms. The molecular weight excluding hydrogens is 417 g/mol. The molecule has 1 fully saturated rings. The fourth-order valence-corrected chi connectivity index (χ4v) is 5.25. The number of carbonyl (C=O) groups is 1. The lowest BCUT2D eigenvalue weighted by Crippen LogP contribution is -2.49. The summed E-state index contributed by atoms with van der Waals surface area (Å²) < 4.78 is 63.3. The lowest BCUT2D eigenvalue weighted by Gasteiger charge is -2.34. The number of nitrogens with zero attached hydrogens (tertiary/aromatic N) is 2. The van der Waals surface area contributed by atoms with E-state index in [9.17, 15) is 26.4 Å². The maximum Gasteiger partial charge on any atom is 0.416 e. The largest absolute Gasteiger partial charge is 0.416 e. The van der Waals surface area contributed by atoms with Crippen molar-refractivity contribution in [1.29, 1.82) is 0 Å². The average molecular weight is 436 g/mol. The van der Waals surface area contributed by atoms with E-state index in [-0.39, 0.29) is 9.80 Å². The minimum Gasteiger partial charge on any atom is -0.335 e. The van der Waals surface area contributed by atoms with Crippen LogP contribution in [0.15, 0.2) is 58.3 Å². The third kappa shape index (κ3) is 3.87. The van der Waals surface area contributed by atoms with E-state index in [1.165, 1.54) is 29.2 Å². The van der Waals surface area contributed by atoms with E-state index >= 15 is 0 Å². The molecule has 2 aromatic carbocycles. The second kappa shape index (κ2) is 7.55. The highest BCUT2D eigenvalue weighted by Gasteiger charge is 2.37. The number of halogens is 3. The first-order valence-corrected chi connectivity index (χ1v) is 10.9. The SMILES string of the molecule is O=C(C1=Cc2ccccc2S1(=O)=O)N1CCN(Cc2ccc(C(F)(F)F)cc2)CC1. The monoisotopic (exact) mass is 436 g/mol. The number of hydrogen-bond donors (Lipinski definition) is 0. The predicted molar refractivity (Wildman–Crippen MR) is 105 cm³/mol. The number of rotatable bonds is 3. The lowest BCUT2D eigenvalue weighted by atomic mass is 10.1. The average Bonchev–Trinajstić information content (AvgIpc) is 2.99. The Labute approximate surface area is 172 Å². The highest BCUT2D eigenvalue weighted by atomic mass is 32.2. The molecule has 4 rings (SSSR count). The van der Waals surface area contributed by atoms with E-state index in [0.29, 0.717) is 38.3 Å². The Morgan fingerprint density at radius 3 is 2.17 bits per heavy atom. The van der Waals surface area contributed by atoms with Gasteiger partial charge in [-0.25, -0.2) is 8.42 Å². The lowest BCUT2D eigenvalue weighted by molar-refractivity contribution is -0.137. The van der Waals surface area contributed by atoms with Gasteiger partial charge in [0.25, 0.3) is 5.91 Å². The number of amides is 1. The second-order valence-electron chi connectivity index (χ2n) is 7.31. The number of carbonyl (C=O) groups excluding carboxylic acids is 1. The Morgan fingerprint density at radius 1 is 0.933 bits per heavy atom. The second-order valence-corrected chi connectivity index (χ2v) is 9.20. The highest BCUT2D eigenvalue weighted by Crippen LogP contribution is 2.34. The van der Waals surface area contributed by atoms with E-state index in [4.69, 9.17) is 0 Å². The summed E-state index contributed by atoms with van der Waals surface area (Å²) in [5, 5.41) is 0. The van der Waals surface area contributed by atoms with Gasteiger partial charge in [-0.15, -0.1) is 0 Å². The van der Waals surface area contributed by atoms with E-state index in [1.807, 2.05) is 4.90 Å². The molecule has 0 N–H and O–H groups in total. The molecule has 5 nitrogen and oxygen atoms in total. The summed E-state index contributed by atoms with van der Waals surface area (Å²) in [7, 11) is -3.81. The van der Waals surface area contributed by atoms with Gasteiger partial charge in [0.05, 0.1) is 10.5 Å². The molecule has 0 bridgehead atoms. The molecule has 0 aliphatic carbocycles. The fourth-order valence-electron chi connectivity index (χ4n) is 3.68. The van der Waals surface area contributed by atoms with Crippen LogP contribution >= 0.6 is 0 Å². The van der Waals surface area contributed by atoms with Crippen molar-refractivity contribution in [2.75, 3.05) is 26.2 Å². The van der Waals surface area contributed by atoms with Crippen LogP contribution in [0.1, 0.15) is 16.7 Å². The van der Waals surface area contributed by atoms with Crippen LogP contribution in [0, 0.1) is 0 Å². The molecular formula is C21H19F3N2O3S. The van der Waals surface area contributed by atoms with Gasteiger partial charge >= 0.3 is 6.18 Å². The molecule has 1 amide bonds. The standard InChI is InChI=1S/C21H19F3N2O3S/c22-21(23,24)17-7-5-15(6-8-17)14-25-9-11-26(12-10-25)20(27)19-13-16-3-1-2-4-18(16)30(19,28)29/h1-8,13H,9-12,14H2. The predicted octanol–water partition coefficient (Wildman–Crippen LogP) is 3.18. The first kappa shape index (κ1) is 20.6. The van der Waals surface area contributed by atoms with E-state index < -0.39 is 27.5 Å². The maximum atomic E-state index is 12.8. The molecule has 2 aliphatic heterocycles. The fraction of sp³-hybridized carbons (Fsp3) is 0.286. The molecule has 0 aromatic heterocycles. The summed E-state index contributed by atoms with van der Waals surface area (Å²) in [6, 6.07) is 11.5. The van der Waals surface area contributed by atoms with Gasteiger partial charge < -0.3 is 4.90 Å². The Morgan fingerprint density at radius 2 is 1.57 bits per heavy atom. The van der Waals surface area contributed by atoms with Crippen molar-refractivity contribution in [3.63, 3.8) is 0 Å². The first-order chi connectivity index (χ1) is 14.2. The Kier molecular flexibility index (Phi) is 5.19. The number of piperazine rings is 1. The Bertz CT molecular complexity index is 1100. The van der Waals surface area contributed by atoms with Crippen molar-refractivity contribution in [2.45, 2.75) is 17.6 Å². The first-order valence-electron chi connectivity index (χ1n) is 9.40. The summed E-state index contributed by atoms with van der Waals surface area (Å²) in [5.41, 5.74) is 0.579.